The third-order valence-corrected chi connectivity index (χ3v) is 4.65. The van der Waals surface area contributed by atoms with Crippen molar-refractivity contribution >= 4 is 25.8 Å². The van der Waals surface area contributed by atoms with E-state index in [2.05, 4.69) is 41.9 Å². The highest BCUT2D eigenvalue weighted by Gasteiger charge is 2.14. The SMILES string of the molecule is CC(C)Cc1ccc(C(Br)CS(C)(=O)=O)cc1. The molecule has 2 nitrogen and oxygen atoms in total. The molecule has 1 rings (SSSR count). The van der Waals surface area contributed by atoms with Gasteiger partial charge in [0, 0.05) is 6.26 Å². The lowest BCUT2D eigenvalue weighted by Gasteiger charge is -2.10. The summed E-state index contributed by atoms with van der Waals surface area (Å²) in [6.45, 7) is 4.37. The normalized spacial score (nSPS) is 13.9. The van der Waals surface area contributed by atoms with E-state index in [1.807, 2.05) is 12.1 Å². The lowest BCUT2D eigenvalue weighted by molar-refractivity contribution is 0.601. The Morgan fingerprint density at radius 2 is 1.71 bits per heavy atom. The number of hydrogen-bond donors (Lipinski definition) is 0. The Balaban J connectivity index is 2.73. The zero-order valence-corrected chi connectivity index (χ0v) is 12.9. The van der Waals surface area contributed by atoms with Crippen LogP contribution in [-0.2, 0) is 16.3 Å². The summed E-state index contributed by atoms with van der Waals surface area (Å²) in [4.78, 5) is -0.120. The van der Waals surface area contributed by atoms with Gasteiger partial charge in [0.25, 0.3) is 0 Å². The monoisotopic (exact) mass is 318 g/mol. The van der Waals surface area contributed by atoms with Crippen molar-refractivity contribution in [1.29, 1.82) is 0 Å². The molecule has 0 saturated carbocycles. The quantitative estimate of drug-likeness (QED) is 0.780. The number of hydrogen-bond acceptors (Lipinski definition) is 2. The predicted molar refractivity (Wildman–Crippen MR) is 76.4 cm³/mol. The maximum Gasteiger partial charge on any atom is 0.148 e. The topological polar surface area (TPSA) is 34.1 Å². The summed E-state index contributed by atoms with van der Waals surface area (Å²) < 4.78 is 22.4. The van der Waals surface area contributed by atoms with E-state index in [4.69, 9.17) is 0 Å². The standard InChI is InChI=1S/C13H19BrO2S/c1-10(2)8-11-4-6-12(7-5-11)13(14)9-17(3,15)16/h4-7,10,13H,8-9H2,1-3H3. The van der Waals surface area contributed by atoms with E-state index in [1.54, 1.807) is 0 Å². The van der Waals surface area contributed by atoms with Crippen LogP contribution >= 0.6 is 15.9 Å². The molecule has 0 N–H and O–H groups in total. The fourth-order valence-electron chi connectivity index (χ4n) is 1.70. The van der Waals surface area contributed by atoms with Crippen LogP contribution in [0.15, 0.2) is 24.3 Å². The number of benzene rings is 1. The highest BCUT2D eigenvalue weighted by atomic mass is 79.9. The van der Waals surface area contributed by atoms with Crippen LogP contribution in [0.3, 0.4) is 0 Å². The second-order valence-electron chi connectivity index (χ2n) is 4.90. The van der Waals surface area contributed by atoms with Crippen LogP contribution < -0.4 is 0 Å². The Labute approximate surface area is 112 Å². The molecule has 0 aliphatic heterocycles. The minimum atomic E-state index is -2.95. The Hall–Kier alpha value is -0.350. The number of sulfone groups is 1. The van der Waals surface area contributed by atoms with E-state index >= 15 is 0 Å². The van der Waals surface area contributed by atoms with E-state index in [0.717, 1.165) is 12.0 Å². The van der Waals surface area contributed by atoms with E-state index in [-0.39, 0.29) is 10.6 Å². The third kappa shape index (κ3) is 5.68. The van der Waals surface area contributed by atoms with E-state index in [1.165, 1.54) is 11.8 Å². The highest BCUT2D eigenvalue weighted by Crippen LogP contribution is 2.25. The first-order chi connectivity index (χ1) is 7.78. The van der Waals surface area contributed by atoms with Gasteiger partial charge in [0.15, 0.2) is 0 Å². The summed E-state index contributed by atoms with van der Waals surface area (Å²) in [5.41, 5.74) is 2.31. The smallest absolute Gasteiger partial charge is 0.148 e. The summed E-state index contributed by atoms with van der Waals surface area (Å²) >= 11 is 3.42. The number of halogens is 1. The molecule has 0 bridgehead atoms. The van der Waals surface area contributed by atoms with E-state index < -0.39 is 9.84 Å². The minimum Gasteiger partial charge on any atom is -0.229 e. The predicted octanol–water partition coefficient (Wildman–Crippen LogP) is 3.37. The van der Waals surface area contributed by atoms with Crippen LogP contribution in [0.4, 0.5) is 0 Å². The molecule has 0 aliphatic rings. The van der Waals surface area contributed by atoms with Crippen LogP contribution in [0.25, 0.3) is 0 Å². The van der Waals surface area contributed by atoms with Crippen molar-refractivity contribution in [2.24, 2.45) is 5.92 Å². The molecule has 96 valence electrons. The zero-order chi connectivity index (χ0) is 13.1. The van der Waals surface area contributed by atoms with Gasteiger partial charge in [-0.1, -0.05) is 54.0 Å². The first kappa shape index (κ1) is 14.7. The van der Waals surface area contributed by atoms with Crippen LogP contribution in [0.5, 0.6) is 0 Å². The van der Waals surface area contributed by atoms with Gasteiger partial charge in [0.05, 0.1) is 10.6 Å². The molecular formula is C13H19BrO2S. The van der Waals surface area contributed by atoms with Crippen LogP contribution in [-0.4, -0.2) is 20.4 Å². The van der Waals surface area contributed by atoms with Crippen molar-refractivity contribution in [3.63, 3.8) is 0 Å². The molecule has 0 radical (unpaired) electrons. The van der Waals surface area contributed by atoms with Gasteiger partial charge in [-0.2, -0.15) is 0 Å². The van der Waals surface area contributed by atoms with Crippen molar-refractivity contribution in [2.45, 2.75) is 25.1 Å². The van der Waals surface area contributed by atoms with Crippen molar-refractivity contribution in [3.8, 4) is 0 Å². The summed E-state index contributed by atoms with van der Waals surface area (Å²) in [5.74, 6) is 0.771. The van der Waals surface area contributed by atoms with Crippen molar-refractivity contribution in [1.82, 2.24) is 0 Å². The summed E-state index contributed by atoms with van der Waals surface area (Å²) in [6, 6.07) is 8.16. The molecule has 0 heterocycles. The third-order valence-electron chi connectivity index (χ3n) is 2.43. The van der Waals surface area contributed by atoms with Gasteiger partial charge in [-0.15, -0.1) is 0 Å². The molecule has 17 heavy (non-hydrogen) atoms. The van der Waals surface area contributed by atoms with Gasteiger partial charge in [-0.25, -0.2) is 8.42 Å². The molecule has 1 aromatic rings. The molecule has 1 atom stereocenters. The Bertz CT molecular complexity index is 449. The molecule has 1 aromatic carbocycles. The minimum absolute atomic E-state index is 0.120. The van der Waals surface area contributed by atoms with E-state index in [0.29, 0.717) is 5.92 Å². The average Bonchev–Trinajstić information content (AvgIpc) is 2.15. The maximum atomic E-state index is 11.2. The molecular weight excluding hydrogens is 300 g/mol. The van der Waals surface area contributed by atoms with Gasteiger partial charge >= 0.3 is 0 Å². The number of rotatable bonds is 5. The second kappa shape index (κ2) is 6.01. The largest absolute Gasteiger partial charge is 0.229 e. The van der Waals surface area contributed by atoms with Crippen molar-refractivity contribution in [2.75, 3.05) is 12.0 Å². The van der Waals surface area contributed by atoms with Gasteiger partial charge in [0.2, 0.25) is 0 Å². The molecule has 0 spiro atoms. The van der Waals surface area contributed by atoms with Crippen LogP contribution in [0, 0.1) is 5.92 Å². The van der Waals surface area contributed by atoms with Crippen molar-refractivity contribution in [3.05, 3.63) is 35.4 Å². The van der Waals surface area contributed by atoms with Gasteiger partial charge in [0.1, 0.15) is 9.84 Å². The first-order valence-electron chi connectivity index (χ1n) is 5.68. The average molecular weight is 319 g/mol. The molecule has 0 aliphatic carbocycles. The molecule has 0 aromatic heterocycles. The summed E-state index contributed by atoms with van der Waals surface area (Å²) in [5, 5.41) is 0. The van der Waals surface area contributed by atoms with Crippen LogP contribution in [0.2, 0.25) is 0 Å². The van der Waals surface area contributed by atoms with Gasteiger partial charge < -0.3 is 0 Å². The molecule has 1 unspecified atom stereocenters. The molecule has 0 amide bonds. The Morgan fingerprint density at radius 3 is 2.12 bits per heavy atom. The molecule has 0 fully saturated rings. The lowest BCUT2D eigenvalue weighted by Crippen LogP contribution is -2.08. The second-order valence-corrected chi connectivity index (χ2v) is 8.19. The van der Waals surface area contributed by atoms with E-state index in [9.17, 15) is 8.42 Å². The zero-order valence-electron chi connectivity index (χ0n) is 10.5. The van der Waals surface area contributed by atoms with Gasteiger partial charge in [-0.05, 0) is 23.5 Å². The molecule has 0 saturated heterocycles. The maximum absolute atomic E-state index is 11.2. The Kier molecular flexibility index (Phi) is 5.20. The van der Waals surface area contributed by atoms with Crippen LogP contribution in [0.1, 0.15) is 29.8 Å². The number of alkyl halides is 1. The first-order valence-corrected chi connectivity index (χ1v) is 8.66. The highest BCUT2D eigenvalue weighted by molar-refractivity contribution is 9.09. The molecule has 4 heteroatoms. The summed E-state index contributed by atoms with van der Waals surface area (Å²) in [7, 11) is -2.95. The van der Waals surface area contributed by atoms with Crippen molar-refractivity contribution < 1.29 is 8.42 Å². The van der Waals surface area contributed by atoms with Gasteiger partial charge in [-0.3, -0.25) is 0 Å². The fourth-order valence-corrected chi connectivity index (χ4v) is 4.17. The lowest BCUT2D eigenvalue weighted by atomic mass is 10.0. The summed E-state index contributed by atoms with van der Waals surface area (Å²) in [6.07, 6.45) is 2.31. The Morgan fingerprint density at radius 1 is 1.18 bits per heavy atom. The fraction of sp³-hybridized carbons (Fsp3) is 0.538.